The number of rotatable bonds is 9. The van der Waals surface area contributed by atoms with Gasteiger partial charge in [0.15, 0.2) is 0 Å². The third-order valence-electron chi connectivity index (χ3n) is 4.91. The van der Waals surface area contributed by atoms with Gasteiger partial charge in [0, 0.05) is 6.54 Å². The SMILES string of the molecule is CCCCCC(Cc1ccc(OC)c(C)c1)CN1CCCC1. The van der Waals surface area contributed by atoms with Crippen LogP contribution in [-0.2, 0) is 6.42 Å². The molecule has 22 heavy (non-hydrogen) atoms. The van der Waals surface area contributed by atoms with Crippen LogP contribution in [0.1, 0.15) is 56.6 Å². The van der Waals surface area contributed by atoms with Crippen LogP contribution in [0.4, 0.5) is 0 Å². The van der Waals surface area contributed by atoms with Gasteiger partial charge in [-0.1, -0.05) is 38.3 Å². The molecule has 124 valence electrons. The second kappa shape index (κ2) is 9.19. The minimum atomic E-state index is 0.803. The Morgan fingerprint density at radius 3 is 2.59 bits per heavy atom. The third-order valence-corrected chi connectivity index (χ3v) is 4.91. The lowest BCUT2D eigenvalue weighted by molar-refractivity contribution is 0.263. The first-order valence-corrected chi connectivity index (χ1v) is 9.08. The maximum atomic E-state index is 5.38. The maximum absolute atomic E-state index is 5.38. The fourth-order valence-electron chi connectivity index (χ4n) is 3.67. The lowest BCUT2D eigenvalue weighted by Gasteiger charge is -2.24. The maximum Gasteiger partial charge on any atom is 0.121 e. The van der Waals surface area contributed by atoms with Crippen LogP contribution >= 0.6 is 0 Å². The molecule has 1 fully saturated rings. The second-order valence-electron chi connectivity index (χ2n) is 6.88. The number of hydrogen-bond acceptors (Lipinski definition) is 2. The molecule has 2 heteroatoms. The summed E-state index contributed by atoms with van der Waals surface area (Å²) in [5.41, 5.74) is 2.73. The molecule has 1 aliphatic heterocycles. The number of nitrogens with zero attached hydrogens (tertiary/aromatic N) is 1. The lowest BCUT2D eigenvalue weighted by Crippen LogP contribution is -2.28. The lowest BCUT2D eigenvalue weighted by atomic mass is 9.92. The molecule has 0 N–H and O–H groups in total. The number of unbranched alkanes of at least 4 members (excludes halogenated alkanes) is 2. The summed E-state index contributed by atoms with van der Waals surface area (Å²) in [5, 5.41) is 0. The number of methoxy groups -OCH3 is 1. The molecule has 0 amide bonds. The van der Waals surface area contributed by atoms with Crippen molar-refractivity contribution in [2.24, 2.45) is 5.92 Å². The minimum Gasteiger partial charge on any atom is -0.496 e. The Morgan fingerprint density at radius 1 is 1.18 bits per heavy atom. The predicted octanol–water partition coefficient (Wildman–Crippen LogP) is 4.84. The van der Waals surface area contributed by atoms with E-state index in [4.69, 9.17) is 4.74 Å². The van der Waals surface area contributed by atoms with Gasteiger partial charge in [-0.15, -0.1) is 0 Å². The van der Waals surface area contributed by atoms with E-state index in [2.05, 4.69) is 36.9 Å². The monoisotopic (exact) mass is 303 g/mol. The van der Waals surface area contributed by atoms with E-state index >= 15 is 0 Å². The van der Waals surface area contributed by atoms with Gasteiger partial charge in [-0.2, -0.15) is 0 Å². The van der Waals surface area contributed by atoms with E-state index in [9.17, 15) is 0 Å². The molecule has 1 heterocycles. The molecule has 0 aliphatic carbocycles. The molecule has 2 rings (SSSR count). The first-order valence-electron chi connectivity index (χ1n) is 9.08. The standard InChI is InChI=1S/C20H33NO/c1-4-5-6-9-19(16-21-12-7-8-13-21)15-18-10-11-20(22-3)17(2)14-18/h10-11,14,19H,4-9,12-13,15-16H2,1-3H3. The Labute approximate surface area is 136 Å². The van der Waals surface area contributed by atoms with Crippen LogP contribution in [0, 0.1) is 12.8 Å². The molecule has 1 saturated heterocycles. The first kappa shape index (κ1) is 17.3. The average molecular weight is 303 g/mol. The van der Waals surface area contributed by atoms with Crippen LogP contribution in [0.25, 0.3) is 0 Å². The summed E-state index contributed by atoms with van der Waals surface area (Å²) in [7, 11) is 1.75. The zero-order valence-electron chi connectivity index (χ0n) is 14.7. The zero-order valence-corrected chi connectivity index (χ0v) is 14.7. The fourth-order valence-corrected chi connectivity index (χ4v) is 3.67. The van der Waals surface area contributed by atoms with Crippen LogP contribution in [0.3, 0.4) is 0 Å². The van der Waals surface area contributed by atoms with E-state index in [1.807, 2.05) is 0 Å². The fraction of sp³-hybridized carbons (Fsp3) is 0.700. The van der Waals surface area contributed by atoms with Gasteiger partial charge in [0.05, 0.1) is 7.11 Å². The van der Waals surface area contributed by atoms with E-state index in [-0.39, 0.29) is 0 Å². The number of likely N-dealkylation sites (tertiary alicyclic amines) is 1. The normalized spacial score (nSPS) is 16.9. The van der Waals surface area contributed by atoms with Crippen molar-refractivity contribution in [2.75, 3.05) is 26.7 Å². The van der Waals surface area contributed by atoms with Crippen LogP contribution in [0.15, 0.2) is 18.2 Å². The average Bonchev–Trinajstić information content (AvgIpc) is 3.00. The Bertz CT molecular complexity index is 437. The Morgan fingerprint density at radius 2 is 1.95 bits per heavy atom. The van der Waals surface area contributed by atoms with E-state index < -0.39 is 0 Å². The molecule has 0 saturated carbocycles. The Kier molecular flexibility index (Phi) is 7.24. The summed E-state index contributed by atoms with van der Waals surface area (Å²) < 4.78 is 5.38. The van der Waals surface area contributed by atoms with Crippen molar-refractivity contribution in [1.29, 1.82) is 0 Å². The van der Waals surface area contributed by atoms with Crippen molar-refractivity contribution in [3.05, 3.63) is 29.3 Å². The van der Waals surface area contributed by atoms with Gasteiger partial charge in [-0.3, -0.25) is 0 Å². The van der Waals surface area contributed by atoms with Crippen LogP contribution in [-0.4, -0.2) is 31.6 Å². The van der Waals surface area contributed by atoms with Gasteiger partial charge in [0.25, 0.3) is 0 Å². The number of hydrogen-bond donors (Lipinski definition) is 0. The highest BCUT2D eigenvalue weighted by Gasteiger charge is 2.18. The van der Waals surface area contributed by atoms with Gasteiger partial charge in [0.1, 0.15) is 5.75 Å². The molecule has 0 aromatic heterocycles. The van der Waals surface area contributed by atoms with Gasteiger partial charge in [-0.25, -0.2) is 0 Å². The molecule has 0 radical (unpaired) electrons. The molecular weight excluding hydrogens is 270 g/mol. The first-order chi connectivity index (χ1) is 10.7. The quantitative estimate of drug-likeness (QED) is 0.605. The van der Waals surface area contributed by atoms with E-state index in [0.717, 1.165) is 11.7 Å². The van der Waals surface area contributed by atoms with Crippen molar-refractivity contribution in [3.8, 4) is 5.75 Å². The largest absolute Gasteiger partial charge is 0.496 e. The molecule has 2 nitrogen and oxygen atoms in total. The zero-order chi connectivity index (χ0) is 15.8. The van der Waals surface area contributed by atoms with Gasteiger partial charge in [0.2, 0.25) is 0 Å². The molecule has 0 bridgehead atoms. The molecule has 1 aliphatic rings. The van der Waals surface area contributed by atoms with Gasteiger partial charge < -0.3 is 9.64 Å². The van der Waals surface area contributed by atoms with Gasteiger partial charge >= 0.3 is 0 Å². The predicted molar refractivity (Wildman–Crippen MR) is 94.7 cm³/mol. The molecule has 1 aromatic rings. The van der Waals surface area contributed by atoms with Crippen LogP contribution in [0.2, 0.25) is 0 Å². The van der Waals surface area contributed by atoms with E-state index in [1.165, 1.54) is 75.7 Å². The van der Waals surface area contributed by atoms with Crippen LogP contribution in [0.5, 0.6) is 5.75 Å². The summed E-state index contributed by atoms with van der Waals surface area (Å²) in [6.45, 7) is 8.35. The highest BCUT2D eigenvalue weighted by atomic mass is 16.5. The summed E-state index contributed by atoms with van der Waals surface area (Å²) in [5.74, 6) is 1.81. The van der Waals surface area contributed by atoms with E-state index in [1.54, 1.807) is 7.11 Å². The number of ether oxygens (including phenoxy) is 1. The van der Waals surface area contributed by atoms with Crippen molar-refractivity contribution in [3.63, 3.8) is 0 Å². The van der Waals surface area contributed by atoms with Crippen molar-refractivity contribution >= 4 is 0 Å². The molecule has 0 spiro atoms. The molecule has 1 atom stereocenters. The third kappa shape index (κ3) is 5.31. The summed E-state index contributed by atoms with van der Waals surface area (Å²) in [4.78, 5) is 2.67. The molecular formula is C20H33NO. The summed E-state index contributed by atoms with van der Waals surface area (Å²) >= 11 is 0. The molecule has 1 aromatic carbocycles. The van der Waals surface area contributed by atoms with Crippen molar-refractivity contribution in [1.82, 2.24) is 4.90 Å². The molecule has 1 unspecified atom stereocenters. The highest BCUT2D eigenvalue weighted by Crippen LogP contribution is 2.23. The second-order valence-corrected chi connectivity index (χ2v) is 6.88. The summed E-state index contributed by atoms with van der Waals surface area (Å²) in [6.07, 6.45) is 9.44. The van der Waals surface area contributed by atoms with Crippen molar-refractivity contribution < 1.29 is 4.74 Å². The van der Waals surface area contributed by atoms with E-state index in [0.29, 0.717) is 0 Å². The van der Waals surface area contributed by atoms with Gasteiger partial charge in [-0.05, 0) is 68.8 Å². The smallest absolute Gasteiger partial charge is 0.121 e. The topological polar surface area (TPSA) is 12.5 Å². The number of aryl methyl sites for hydroxylation is 1. The minimum absolute atomic E-state index is 0.803. The van der Waals surface area contributed by atoms with Crippen molar-refractivity contribution in [2.45, 2.75) is 58.8 Å². The summed E-state index contributed by atoms with van der Waals surface area (Å²) in [6, 6.07) is 6.70. The number of benzene rings is 1. The van der Waals surface area contributed by atoms with Crippen LogP contribution < -0.4 is 4.74 Å². The Hall–Kier alpha value is -1.02. The Balaban J connectivity index is 1.95. The highest BCUT2D eigenvalue weighted by molar-refractivity contribution is 5.36.